The van der Waals surface area contributed by atoms with Crippen LogP contribution in [0.15, 0.2) is 23.8 Å². The molecule has 0 aromatic rings. The number of epoxide rings is 1. The standard InChI is InChI=1S/C15H24O/c1-12-7-5-9-14(2,3)11-13-15(4,16-13)10-6-8-12/h5,8-9,13H,6-7,10-11H2,1-4H3/t13-,15-/m1/s1. The van der Waals surface area contributed by atoms with E-state index in [2.05, 4.69) is 45.9 Å². The smallest absolute Gasteiger partial charge is 0.0923 e. The number of fused-ring (bicyclic) bond motifs is 1. The van der Waals surface area contributed by atoms with Crippen LogP contribution in [0.1, 0.15) is 53.4 Å². The van der Waals surface area contributed by atoms with E-state index in [0.29, 0.717) is 6.10 Å². The maximum absolute atomic E-state index is 5.88. The number of allylic oxidation sites excluding steroid dienone is 4. The summed E-state index contributed by atoms with van der Waals surface area (Å²) in [6.45, 7) is 9.10. The summed E-state index contributed by atoms with van der Waals surface area (Å²) in [4.78, 5) is 0. The molecule has 2 rings (SSSR count). The van der Waals surface area contributed by atoms with Crippen molar-refractivity contribution in [3.05, 3.63) is 23.8 Å². The quantitative estimate of drug-likeness (QED) is 0.439. The number of hydrogen-bond donors (Lipinski definition) is 0. The molecule has 0 radical (unpaired) electrons. The van der Waals surface area contributed by atoms with Crippen LogP contribution in [-0.4, -0.2) is 11.7 Å². The van der Waals surface area contributed by atoms with Crippen LogP contribution in [0, 0.1) is 5.41 Å². The Morgan fingerprint density at radius 3 is 2.81 bits per heavy atom. The summed E-state index contributed by atoms with van der Waals surface area (Å²) in [5, 5.41) is 0. The lowest BCUT2D eigenvalue weighted by Crippen LogP contribution is -2.16. The topological polar surface area (TPSA) is 12.5 Å². The lowest BCUT2D eigenvalue weighted by Gasteiger charge is -2.19. The normalized spacial score (nSPS) is 38.2. The minimum atomic E-state index is 0.159. The SMILES string of the molecule is CC1=CCC[C@@]2(C)O[C@@H]2CC(C)(C)C=CC1. The summed E-state index contributed by atoms with van der Waals surface area (Å²) in [7, 11) is 0. The molecule has 0 unspecified atom stereocenters. The molecule has 1 saturated heterocycles. The van der Waals surface area contributed by atoms with Gasteiger partial charge in [-0.25, -0.2) is 0 Å². The van der Waals surface area contributed by atoms with Gasteiger partial charge in [0.15, 0.2) is 0 Å². The average molecular weight is 220 g/mol. The predicted molar refractivity (Wildman–Crippen MR) is 68.4 cm³/mol. The van der Waals surface area contributed by atoms with E-state index in [9.17, 15) is 0 Å². The molecule has 0 aromatic carbocycles. The second-order valence-corrected chi connectivity index (χ2v) is 6.31. The van der Waals surface area contributed by atoms with E-state index in [1.54, 1.807) is 0 Å². The van der Waals surface area contributed by atoms with Crippen LogP contribution >= 0.6 is 0 Å². The van der Waals surface area contributed by atoms with E-state index in [1.165, 1.54) is 12.0 Å². The van der Waals surface area contributed by atoms with Gasteiger partial charge in [-0.15, -0.1) is 0 Å². The summed E-state index contributed by atoms with van der Waals surface area (Å²) in [6, 6.07) is 0. The van der Waals surface area contributed by atoms with E-state index < -0.39 is 0 Å². The Balaban J connectivity index is 2.11. The molecule has 1 aliphatic heterocycles. The van der Waals surface area contributed by atoms with Gasteiger partial charge in [-0.05, 0) is 44.9 Å². The molecule has 0 N–H and O–H groups in total. The summed E-state index contributed by atoms with van der Waals surface area (Å²) in [5.74, 6) is 0. The Labute approximate surface area is 99.6 Å². The first-order valence-electron chi connectivity index (χ1n) is 6.42. The van der Waals surface area contributed by atoms with Gasteiger partial charge in [0.25, 0.3) is 0 Å². The maximum atomic E-state index is 5.88. The van der Waals surface area contributed by atoms with E-state index in [1.807, 2.05) is 0 Å². The van der Waals surface area contributed by atoms with Crippen LogP contribution in [-0.2, 0) is 4.74 Å². The lowest BCUT2D eigenvalue weighted by molar-refractivity contribution is 0.280. The van der Waals surface area contributed by atoms with E-state index >= 15 is 0 Å². The Hall–Kier alpha value is -0.560. The molecule has 0 aromatic heterocycles. The molecular formula is C15H24O. The van der Waals surface area contributed by atoms with Gasteiger partial charge < -0.3 is 4.74 Å². The Morgan fingerprint density at radius 2 is 2.06 bits per heavy atom. The van der Waals surface area contributed by atoms with E-state index in [0.717, 1.165) is 19.3 Å². The second-order valence-electron chi connectivity index (χ2n) is 6.31. The molecule has 1 heteroatoms. The van der Waals surface area contributed by atoms with Crippen molar-refractivity contribution in [2.45, 2.75) is 65.1 Å². The Kier molecular flexibility index (Phi) is 3.00. The highest BCUT2D eigenvalue weighted by Crippen LogP contribution is 2.46. The van der Waals surface area contributed by atoms with Gasteiger partial charge in [-0.3, -0.25) is 0 Å². The van der Waals surface area contributed by atoms with Crippen molar-refractivity contribution >= 4 is 0 Å². The zero-order chi connectivity index (χ0) is 11.8. The molecule has 2 atom stereocenters. The Morgan fingerprint density at radius 1 is 1.31 bits per heavy atom. The first-order valence-corrected chi connectivity index (χ1v) is 6.42. The summed E-state index contributed by atoms with van der Waals surface area (Å²) in [6.07, 6.45) is 12.1. The molecule has 0 amide bonds. The predicted octanol–water partition coefficient (Wildman–Crippen LogP) is 4.25. The van der Waals surface area contributed by atoms with Gasteiger partial charge in [-0.1, -0.05) is 37.6 Å². The minimum absolute atomic E-state index is 0.159. The molecule has 0 bridgehead atoms. The zero-order valence-electron chi connectivity index (χ0n) is 11.0. The first kappa shape index (κ1) is 11.9. The van der Waals surface area contributed by atoms with Crippen LogP contribution in [0.4, 0.5) is 0 Å². The summed E-state index contributed by atoms with van der Waals surface area (Å²) < 4.78 is 5.88. The molecule has 1 nitrogen and oxygen atoms in total. The van der Waals surface area contributed by atoms with Crippen molar-refractivity contribution < 1.29 is 4.74 Å². The average Bonchev–Trinajstić information content (AvgIpc) is 2.73. The lowest BCUT2D eigenvalue weighted by atomic mass is 9.84. The van der Waals surface area contributed by atoms with Crippen LogP contribution in [0.2, 0.25) is 0 Å². The third-order valence-corrected chi connectivity index (χ3v) is 3.89. The molecule has 1 aliphatic carbocycles. The summed E-state index contributed by atoms with van der Waals surface area (Å²) >= 11 is 0. The number of ether oxygens (including phenoxy) is 1. The van der Waals surface area contributed by atoms with Gasteiger partial charge in [0.2, 0.25) is 0 Å². The largest absolute Gasteiger partial charge is 0.366 e. The van der Waals surface area contributed by atoms with E-state index in [-0.39, 0.29) is 11.0 Å². The number of rotatable bonds is 0. The van der Waals surface area contributed by atoms with Gasteiger partial charge in [0.05, 0.1) is 11.7 Å². The highest BCUT2D eigenvalue weighted by atomic mass is 16.6. The molecule has 0 spiro atoms. The fourth-order valence-electron chi connectivity index (χ4n) is 2.57. The fraction of sp³-hybridized carbons (Fsp3) is 0.733. The van der Waals surface area contributed by atoms with Crippen LogP contribution in [0.5, 0.6) is 0 Å². The number of hydrogen-bond acceptors (Lipinski definition) is 1. The minimum Gasteiger partial charge on any atom is -0.366 e. The van der Waals surface area contributed by atoms with Crippen LogP contribution in [0.25, 0.3) is 0 Å². The van der Waals surface area contributed by atoms with Crippen molar-refractivity contribution in [2.24, 2.45) is 5.41 Å². The highest BCUT2D eigenvalue weighted by molar-refractivity contribution is 5.12. The monoisotopic (exact) mass is 220 g/mol. The van der Waals surface area contributed by atoms with E-state index in [4.69, 9.17) is 4.74 Å². The van der Waals surface area contributed by atoms with Crippen molar-refractivity contribution in [2.75, 3.05) is 0 Å². The first-order chi connectivity index (χ1) is 7.41. The zero-order valence-corrected chi connectivity index (χ0v) is 11.0. The molecule has 1 heterocycles. The maximum Gasteiger partial charge on any atom is 0.0923 e. The molecule has 0 saturated carbocycles. The molecular weight excluding hydrogens is 196 g/mol. The molecule has 2 aliphatic rings. The van der Waals surface area contributed by atoms with Crippen molar-refractivity contribution in [3.8, 4) is 0 Å². The van der Waals surface area contributed by atoms with Gasteiger partial charge >= 0.3 is 0 Å². The Bertz CT molecular complexity index is 324. The molecule has 90 valence electrons. The summed E-state index contributed by atoms with van der Waals surface area (Å²) in [5.41, 5.74) is 1.91. The van der Waals surface area contributed by atoms with Crippen LogP contribution in [0.3, 0.4) is 0 Å². The van der Waals surface area contributed by atoms with Gasteiger partial charge in [0, 0.05) is 0 Å². The van der Waals surface area contributed by atoms with Crippen LogP contribution < -0.4 is 0 Å². The highest BCUT2D eigenvalue weighted by Gasteiger charge is 2.52. The third-order valence-electron chi connectivity index (χ3n) is 3.89. The second kappa shape index (κ2) is 4.03. The van der Waals surface area contributed by atoms with Crippen molar-refractivity contribution in [3.63, 3.8) is 0 Å². The molecule has 16 heavy (non-hydrogen) atoms. The van der Waals surface area contributed by atoms with Gasteiger partial charge in [0.1, 0.15) is 0 Å². The van der Waals surface area contributed by atoms with Gasteiger partial charge in [-0.2, -0.15) is 0 Å². The van der Waals surface area contributed by atoms with Crippen molar-refractivity contribution in [1.29, 1.82) is 0 Å². The third kappa shape index (κ3) is 2.76. The molecule has 1 fully saturated rings. The van der Waals surface area contributed by atoms with Crippen molar-refractivity contribution in [1.82, 2.24) is 0 Å². The fourth-order valence-corrected chi connectivity index (χ4v) is 2.57.